The van der Waals surface area contributed by atoms with Gasteiger partial charge in [-0.25, -0.2) is 0 Å². The number of likely N-dealkylation sites (N-methyl/N-ethyl adjacent to an activating group) is 1. The molecule has 84 valence electrons. The SMILES string of the molecule is CCN(CCO)c1cccc(Cl)c1CO. The highest BCUT2D eigenvalue weighted by molar-refractivity contribution is 6.31. The molecule has 1 rings (SSSR count). The fourth-order valence-electron chi connectivity index (χ4n) is 1.57. The molecule has 1 aromatic rings. The topological polar surface area (TPSA) is 43.7 Å². The van der Waals surface area contributed by atoms with Crippen LogP contribution in [0.5, 0.6) is 0 Å². The van der Waals surface area contributed by atoms with Gasteiger partial charge < -0.3 is 15.1 Å². The minimum atomic E-state index is -0.0864. The molecule has 3 nitrogen and oxygen atoms in total. The van der Waals surface area contributed by atoms with E-state index in [0.717, 1.165) is 17.8 Å². The molecule has 0 saturated carbocycles. The first-order valence-corrected chi connectivity index (χ1v) is 5.36. The van der Waals surface area contributed by atoms with Crippen molar-refractivity contribution in [3.8, 4) is 0 Å². The summed E-state index contributed by atoms with van der Waals surface area (Å²) in [6.07, 6.45) is 0. The predicted molar refractivity (Wildman–Crippen MR) is 62.3 cm³/mol. The summed E-state index contributed by atoms with van der Waals surface area (Å²) in [7, 11) is 0. The third-order valence-corrected chi connectivity index (χ3v) is 2.70. The molecule has 0 saturated heterocycles. The molecule has 0 spiro atoms. The average Bonchev–Trinajstić information content (AvgIpc) is 2.25. The van der Waals surface area contributed by atoms with Crippen molar-refractivity contribution in [2.24, 2.45) is 0 Å². The average molecular weight is 230 g/mol. The van der Waals surface area contributed by atoms with Gasteiger partial charge in [0.25, 0.3) is 0 Å². The van der Waals surface area contributed by atoms with E-state index in [4.69, 9.17) is 16.7 Å². The zero-order valence-corrected chi connectivity index (χ0v) is 9.54. The van der Waals surface area contributed by atoms with E-state index in [2.05, 4.69) is 0 Å². The highest BCUT2D eigenvalue weighted by Crippen LogP contribution is 2.27. The Bertz CT molecular complexity index is 317. The van der Waals surface area contributed by atoms with Crippen LogP contribution in [0.4, 0.5) is 5.69 Å². The molecular weight excluding hydrogens is 214 g/mol. The number of aliphatic hydroxyl groups is 2. The van der Waals surface area contributed by atoms with Crippen LogP contribution in [0, 0.1) is 0 Å². The van der Waals surface area contributed by atoms with Crippen molar-refractivity contribution in [2.45, 2.75) is 13.5 Å². The quantitative estimate of drug-likeness (QED) is 0.807. The number of anilines is 1. The molecule has 0 aliphatic carbocycles. The van der Waals surface area contributed by atoms with Crippen LogP contribution in [0.2, 0.25) is 5.02 Å². The minimum Gasteiger partial charge on any atom is -0.395 e. The monoisotopic (exact) mass is 229 g/mol. The summed E-state index contributed by atoms with van der Waals surface area (Å²) in [6.45, 7) is 3.32. The van der Waals surface area contributed by atoms with E-state index in [1.165, 1.54) is 0 Å². The van der Waals surface area contributed by atoms with Gasteiger partial charge in [0.05, 0.1) is 13.2 Å². The summed E-state index contributed by atoms with van der Waals surface area (Å²) in [5, 5.41) is 18.7. The van der Waals surface area contributed by atoms with Crippen molar-refractivity contribution in [1.29, 1.82) is 0 Å². The fraction of sp³-hybridized carbons (Fsp3) is 0.455. The smallest absolute Gasteiger partial charge is 0.0716 e. The molecule has 15 heavy (non-hydrogen) atoms. The highest BCUT2D eigenvalue weighted by Gasteiger charge is 2.11. The van der Waals surface area contributed by atoms with Gasteiger partial charge in [0.1, 0.15) is 0 Å². The number of aliphatic hydroxyl groups excluding tert-OH is 2. The second kappa shape index (κ2) is 5.95. The van der Waals surface area contributed by atoms with E-state index in [0.29, 0.717) is 11.6 Å². The third kappa shape index (κ3) is 2.84. The summed E-state index contributed by atoms with van der Waals surface area (Å²) in [6, 6.07) is 5.50. The molecule has 0 unspecified atom stereocenters. The van der Waals surface area contributed by atoms with Gasteiger partial charge in [-0.3, -0.25) is 0 Å². The van der Waals surface area contributed by atoms with Crippen molar-refractivity contribution < 1.29 is 10.2 Å². The van der Waals surface area contributed by atoms with Gasteiger partial charge in [-0.1, -0.05) is 17.7 Å². The zero-order valence-electron chi connectivity index (χ0n) is 8.78. The van der Waals surface area contributed by atoms with E-state index in [9.17, 15) is 5.11 Å². The molecule has 2 N–H and O–H groups in total. The van der Waals surface area contributed by atoms with Crippen molar-refractivity contribution in [3.05, 3.63) is 28.8 Å². The molecular formula is C11H16ClNO2. The van der Waals surface area contributed by atoms with E-state index in [-0.39, 0.29) is 13.2 Å². The van der Waals surface area contributed by atoms with Crippen LogP contribution in [0.25, 0.3) is 0 Å². The molecule has 0 bridgehead atoms. The molecule has 0 aliphatic rings. The lowest BCUT2D eigenvalue weighted by Crippen LogP contribution is -2.27. The zero-order chi connectivity index (χ0) is 11.3. The molecule has 0 aliphatic heterocycles. The van der Waals surface area contributed by atoms with E-state index >= 15 is 0 Å². The second-order valence-electron chi connectivity index (χ2n) is 3.20. The van der Waals surface area contributed by atoms with E-state index in [1.807, 2.05) is 24.0 Å². The molecule has 0 amide bonds. The Labute approximate surface area is 94.9 Å². The Morgan fingerprint density at radius 2 is 2.07 bits per heavy atom. The Morgan fingerprint density at radius 3 is 2.60 bits per heavy atom. The molecule has 4 heteroatoms. The Kier molecular flexibility index (Phi) is 4.88. The molecule has 0 aromatic heterocycles. The molecule has 0 radical (unpaired) electrons. The van der Waals surface area contributed by atoms with Gasteiger partial charge >= 0.3 is 0 Å². The Morgan fingerprint density at radius 1 is 1.33 bits per heavy atom. The maximum Gasteiger partial charge on any atom is 0.0716 e. The van der Waals surface area contributed by atoms with Gasteiger partial charge in [0.2, 0.25) is 0 Å². The Hall–Kier alpha value is -0.770. The number of halogens is 1. The number of hydrogen-bond donors (Lipinski definition) is 2. The summed E-state index contributed by atoms with van der Waals surface area (Å²) >= 11 is 5.98. The van der Waals surface area contributed by atoms with E-state index in [1.54, 1.807) is 6.07 Å². The number of hydrogen-bond acceptors (Lipinski definition) is 3. The molecule has 0 atom stereocenters. The van der Waals surface area contributed by atoms with Crippen molar-refractivity contribution in [1.82, 2.24) is 0 Å². The normalized spacial score (nSPS) is 10.4. The van der Waals surface area contributed by atoms with Crippen LogP contribution in [0.15, 0.2) is 18.2 Å². The minimum absolute atomic E-state index is 0.0864. The summed E-state index contributed by atoms with van der Waals surface area (Å²) in [4.78, 5) is 1.98. The first-order chi connectivity index (χ1) is 7.24. The largest absolute Gasteiger partial charge is 0.395 e. The first kappa shape index (κ1) is 12.3. The first-order valence-electron chi connectivity index (χ1n) is 4.98. The van der Waals surface area contributed by atoms with Gasteiger partial charge in [0.15, 0.2) is 0 Å². The van der Waals surface area contributed by atoms with Crippen LogP contribution < -0.4 is 4.90 Å². The molecule has 1 aromatic carbocycles. The standard InChI is InChI=1S/C11H16ClNO2/c1-2-13(6-7-14)11-5-3-4-10(12)9(11)8-15/h3-5,14-15H,2,6-8H2,1H3. The van der Waals surface area contributed by atoms with Crippen LogP contribution in [0.3, 0.4) is 0 Å². The van der Waals surface area contributed by atoms with Crippen LogP contribution in [-0.2, 0) is 6.61 Å². The third-order valence-electron chi connectivity index (χ3n) is 2.34. The van der Waals surface area contributed by atoms with Gasteiger partial charge in [0, 0.05) is 29.4 Å². The molecule has 0 fully saturated rings. The van der Waals surface area contributed by atoms with Crippen LogP contribution >= 0.6 is 11.6 Å². The lowest BCUT2D eigenvalue weighted by atomic mass is 10.1. The van der Waals surface area contributed by atoms with Gasteiger partial charge in [-0.15, -0.1) is 0 Å². The summed E-state index contributed by atoms with van der Waals surface area (Å²) < 4.78 is 0. The fourth-order valence-corrected chi connectivity index (χ4v) is 1.80. The van der Waals surface area contributed by atoms with Crippen molar-refractivity contribution in [2.75, 3.05) is 24.6 Å². The second-order valence-corrected chi connectivity index (χ2v) is 3.61. The predicted octanol–water partition coefficient (Wildman–Crippen LogP) is 1.65. The lowest BCUT2D eigenvalue weighted by molar-refractivity contribution is 0.281. The lowest BCUT2D eigenvalue weighted by Gasteiger charge is -2.24. The van der Waals surface area contributed by atoms with E-state index < -0.39 is 0 Å². The van der Waals surface area contributed by atoms with Crippen LogP contribution in [0.1, 0.15) is 12.5 Å². The maximum absolute atomic E-state index is 9.24. The molecule has 0 heterocycles. The number of nitrogens with zero attached hydrogens (tertiary/aromatic N) is 1. The summed E-state index contributed by atoms with van der Waals surface area (Å²) in [5.74, 6) is 0. The van der Waals surface area contributed by atoms with Crippen LogP contribution in [-0.4, -0.2) is 29.9 Å². The maximum atomic E-state index is 9.24. The van der Waals surface area contributed by atoms with Gasteiger partial charge in [-0.05, 0) is 19.1 Å². The summed E-state index contributed by atoms with van der Waals surface area (Å²) in [5.41, 5.74) is 1.61. The highest BCUT2D eigenvalue weighted by atomic mass is 35.5. The number of benzene rings is 1. The number of rotatable bonds is 5. The Balaban J connectivity index is 3.04. The van der Waals surface area contributed by atoms with Crippen molar-refractivity contribution in [3.63, 3.8) is 0 Å². The van der Waals surface area contributed by atoms with Gasteiger partial charge in [-0.2, -0.15) is 0 Å². The van der Waals surface area contributed by atoms with Crippen molar-refractivity contribution >= 4 is 17.3 Å².